The fraction of sp³-hybridized carbons (Fsp3) is 0.368. The van der Waals surface area contributed by atoms with E-state index in [9.17, 15) is 0 Å². The average molecular weight is 404 g/mol. The fourth-order valence-electron chi connectivity index (χ4n) is 3.43. The van der Waals surface area contributed by atoms with Crippen molar-refractivity contribution in [3.05, 3.63) is 58.2 Å². The van der Waals surface area contributed by atoms with Crippen LogP contribution in [0, 0.1) is 6.92 Å². The van der Waals surface area contributed by atoms with E-state index in [4.69, 9.17) is 12.2 Å². The van der Waals surface area contributed by atoms with Crippen LogP contribution in [0.4, 0.5) is 5.82 Å². The van der Waals surface area contributed by atoms with Gasteiger partial charge in [-0.15, -0.1) is 0 Å². The van der Waals surface area contributed by atoms with Gasteiger partial charge in [0.25, 0.3) is 0 Å². The molecule has 24 heavy (non-hydrogen) atoms. The molecule has 1 saturated carbocycles. The molecule has 1 aromatic carbocycles. The van der Waals surface area contributed by atoms with Crippen LogP contribution >= 0.6 is 28.1 Å². The molecule has 1 aliphatic rings. The van der Waals surface area contributed by atoms with Crippen molar-refractivity contribution in [2.75, 3.05) is 11.9 Å². The fourth-order valence-corrected chi connectivity index (χ4v) is 3.82. The normalized spacial score (nSPS) is 15.9. The zero-order valence-corrected chi connectivity index (χ0v) is 16.2. The second-order valence-electron chi connectivity index (χ2n) is 6.48. The topological polar surface area (TPSA) is 37.0 Å². The Morgan fingerprint density at radius 1 is 1.25 bits per heavy atom. The van der Waals surface area contributed by atoms with E-state index in [2.05, 4.69) is 61.9 Å². The van der Waals surface area contributed by atoms with Crippen LogP contribution in [0.2, 0.25) is 0 Å². The molecule has 0 spiro atoms. The molecule has 0 aliphatic heterocycles. The van der Waals surface area contributed by atoms with Gasteiger partial charge >= 0.3 is 0 Å². The van der Waals surface area contributed by atoms with E-state index in [0.717, 1.165) is 22.4 Å². The number of anilines is 1. The molecule has 1 fully saturated rings. The highest BCUT2D eigenvalue weighted by Gasteiger charge is 2.35. The van der Waals surface area contributed by atoms with Crippen molar-refractivity contribution in [2.45, 2.75) is 38.0 Å². The molecule has 1 aliphatic carbocycles. The van der Waals surface area contributed by atoms with Crippen molar-refractivity contribution in [1.82, 2.24) is 10.3 Å². The minimum Gasteiger partial charge on any atom is -0.362 e. The van der Waals surface area contributed by atoms with Crippen LogP contribution in [0.15, 0.2) is 47.1 Å². The predicted molar refractivity (Wildman–Crippen MR) is 107 cm³/mol. The maximum atomic E-state index is 5.47. The van der Waals surface area contributed by atoms with Crippen molar-refractivity contribution in [3.63, 3.8) is 0 Å². The number of benzene rings is 1. The van der Waals surface area contributed by atoms with Gasteiger partial charge in [-0.3, -0.25) is 0 Å². The molecule has 126 valence electrons. The molecule has 0 unspecified atom stereocenters. The van der Waals surface area contributed by atoms with Crippen molar-refractivity contribution < 1.29 is 0 Å². The first kappa shape index (κ1) is 17.4. The van der Waals surface area contributed by atoms with E-state index >= 15 is 0 Å². The van der Waals surface area contributed by atoms with Crippen molar-refractivity contribution in [2.24, 2.45) is 0 Å². The molecule has 0 radical (unpaired) electrons. The zero-order chi connectivity index (χ0) is 17.0. The third-order valence-corrected chi connectivity index (χ3v) is 5.90. The Morgan fingerprint density at radius 3 is 2.62 bits per heavy atom. The number of nitrogens with zero attached hydrogens (tertiary/aromatic N) is 1. The number of nitrogens with one attached hydrogen (secondary N) is 2. The van der Waals surface area contributed by atoms with Crippen molar-refractivity contribution >= 4 is 39.1 Å². The van der Waals surface area contributed by atoms with E-state index in [-0.39, 0.29) is 5.41 Å². The summed E-state index contributed by atoms with van der Waals surface area (Å²) in [5.74, 6) is 0.772. The van der Waals surface area contributed by atoms with E-state index in [1.54, 1.807) is 6.20 Å². The Labute approximate surface area is 157 Å². The standard InChI is InChI=1S/C19H22BrN3S/c1-14-11-17(21-12-16(14)20)23-18(24)22-13-19(9-5-6-10-19)15-7-3-2-4-8-15/h2-4,7-8,11-12H,5-6,9-10,13H2,1H3,(H2,21,22,23,24). The van der Waals surface area contributed by atoms with Gasteiger partial charge in [0.1, 0.15) is 5.82 Å². The summed E-state index contributed by atoms with van der Waals surface area (Å²) in [6.45, 7) is 2.90. The molecule has 2 aromatic rings. The summed E-state index contributed by atoms with van der Waals surface area (Å²) in [5.41, 5.74) is 2.73. The van der Waals surface area contributed by atoms with Gasteiger partial charge in [-0.2, -0.15) is 0 Å². The Morgan fingerprint density at radius 2 is 1.96 bits per heavy atom. The highest BCUT2D eigenvalue weighted by molar-refractivity contribution is 9.10. The van der Waals surface area contributed by atoms with Gasteiger partial charge in [0.05, 0.1) is 0 Å². The summed E-state index contributed by atoms with van der Waals surface area (Å²) in [5, 5.41) is 7.24. The zero-order valence-electron chi connectivity index (χ0n) is 13.8. The highest BCUT2D eigenvalue weighted by atomic mass is 79.9. The summed E-state index contributed by atoms with van der Waals surface area (Å²) < 4.78 is 1.00. The summed E-state index contributed by atoms with van der Waals surface area (Å²) in [7, 11) is 0. The first-order valence-electron chi connectivity index (χ1n) is 8.32. The second-order valence-corrected chi connectivity index (χ2v) is 7.74. The van der Waals surface area contributed by atoms with Gasteiger partial charge in [0.15, 0.2) is 5.11 Å². The van der Waals surface area contributed by atoms with E-state index in [1.165, 1.54) is 31.2 Å². The highest BCUT2D eigenvalue weighted by Crippen LogP contribution is 2.40. The maximum absolute atomic E-state index is 5.47. The minimum absolute atomic E-state index is 0.191. The molecular weight excluding hydrogens is 382 g/mol. The van der Waals surface area contributed by atoms with Crippen molar-refractivity contribution in [1.29, 1.82) is 0 Å². The Balaban J connectivity index is 1.64. The maximum Gasteiger partial charge on any atom is 0.171 e. The van der Waals surface area contributed by atoms with Crippen molar-refractivity contribution in [3.8, 4) is 0 Å². The van der Waals surface area contributed by atoms with Gasteiger partial charge in [0.2, 0.25) is 0 Å². The summed E-state index contributed by atoms with van der Waals surface area (Å²) in [6.07, 6.45) is 6.78. The van der Waals surface area contributed by atoms with Gasteiger partial charge in [-0.05, 0) is 65.1 Å². The summed E-state index contributed by atoms with van der Waals surface area (Å²) in [6, 6.07) is 12.8. The molecule has 5 heteroatoms. The number of halogens is 1. The molecule has 0 atom stereocenters. The molecular formula is C19H22BrN3S. The minimum atomic E-state index is 0.191. The van der Waals surface area contributed by atoms with E-state index in [1.807, 2.05) is 13.0 Å². The number of thiocarbonyl (C=S) groups is 1. The number of aromatic nitrogens is 1. The molecule has 1 aromatic heterocycles. The molecule has 0 saturated heterocycles. The quantitative estimate of drug-likeness (QED) is 0.707. The molecule has 0 amide bonds. The lowest BCUT2D eigenvalue weighted by Crippen LogP contribution is -2.40. The van der Waals surface area contributed by atoms with Crippen LogP contribution in [0.25, 0.3) is 0 Å². The largest absolute Gasteiger partial charge is 0.362 e. The van der Waals surface area contributed by atoms with Crippen LogP contribution < -0.4 is 10.6 Å². The molecule has 2 N–H and O–H groups in total. The summed E-state index contributed by atoms with van der Waals surface area (Å²) in [4.78, 5) is 4.35. The first-order valence-corrected chi connectivity index (χ1v) is 9.52. The second kappa shape index (κ2) is 7.62. The third kappa shape index (κ3) is 3.95. The van der Waals surface area contributed by atoms with Crippen LogP contribution in [0.1, 0.15) is 36.8 Å². The van der Waals surface area contributed by atoms with Crippen LogP contribution in [-0.4, -0.2) is 16.6 Å². The smallest absolute Gasteiger partial charge is 0.171 e. The van der Waals surface area contributed by atoms with Gasteiger partial charge in [-0.25, -0.2) is 4.98 Å². The third-order valence-electron chi connectivity index (χ3n) is 4.82. The Bertz CT molecular complexity index is 712. The number of pyridine rings is 1. The van der Waals surface area contributed by atoms with E-state index < -0.39 is 0 Å². The number of aryl methyl sites for hydroxylation is 1. The molecule has 0 bridgehead atoms. The summed E-state index contributed by atoms with van der Waals surface area (Å²) >= 11 is 8.94. The lowest BCUT2D eigenvalue weighted by molar-refractivity contribution is 0.435. The average Bonchev–Trinajstić information content (AvgIpc) is 3.07. The Hall–Kier alpha value is -1.46. The van der Waals surface area contributed by atoms with Crippen LogP contribution in [-0.2, 0) is 5.41 Å². The van der Waals surface area contributed by atoms with Gasteiger partial charge in [-0.1, -0.05) is 43.2 Å². The lowest BCUT2D eigenvalue weighted by Gasteiger charge is -2.30. The monoisotopic (exact) mass is 403 g/mol. The Kier molecular flexibility index (Phi) is 5.51. The van der Waals surface area contributed by atoms with Crippen LogP contribution in [0.3, 0.4) is 0 Å². The predicted octanol–water partition coefficient (Wildman–Crippen LogP) is 4.95. The SMILES string of the molecule is Cc1cc(NC(=S)NCC2(c3ccccc3)CCCC2)ncc1Br. The molecule has 3 nitrogen and oxygen atoms in total. The number of hydrogen-bond donors (Lipinski definition) is 2. The molecule has 1 heterocycles. The van der Waals surface area contributed by atoms with Gasteiger partial charge in [0, 0.05) is 22.6 Å². The molecule has 3 rings (SSSR count). The van der Waals surface area contributed by atoms with Gasteiger partial charge < -0.3 is 10.6 Å². The number of hydrogen-bond acceptors (Lipinski definition) is 2. The first-order chi connectivity index (χ1) is 11.6. The lowest BCUT2D eigenvalue weighted by atomic mass is 9.79. The van der Waals surface area contributed by atoms with E-state index in [0.29, 0.717) is 5.11 Å². The van der Waals surface area contributed by atoms with Crippen LogP contribution in [0.5, 0.6) is 0 Å². The number of rotatable bonds is 4.